The zero-order valence-electron chi connectivity index (χ0n) is 8.49. The Morgan fingerprint density at radius 2 is 2.07 bits per heavy atom. The van der Waals surface area contributed by atoms with Gasteiger partial charge in [0.1, 0.15) is 12.0 Å². The average Bonchev–Trinajstić information content (AvgIpc) is 2.26. The summed E-state index contributed by atoms with van der Waals surface area (Å²) in [4.78, 5) is 10.3. The fourth-order valence-electron chi connectivity index (χ4n) is 1.07. The lowest BCUT2D eigenvalue weighted by Gasteiger charge is -2.07. The number of ether oxygens (including phenoxy) is 1. The highest BCUT2D eigenvalue weighted by Gasteiger charge is 1.98. The summed E-state index contributed by atoms with van der Waals surface area (Å²) >= 11 is 0. The second-order valence-electron chi connectivity index (χ2n) is 3.15. The maximum Gasteiger partial charge on any atom is 0.136 e. The Balaban J connectivity index is 2.47. The number of carbonyl (C=O) groups is 1. The minimum Gasteiger partial charge on any atom is -0.497 e. The molecule has 0 amide bonds. The fourth-order valence-corrected chi connectivity index (χ4v) is 1.07. The first-order valence-corrected chi connectivity index (χ1v) is 4.58. The Hall–Kier alpha value is -1.35. The van der Waals surface area contributed by atoms with Crippen molar-refractivity contribution >= 4 is 6.29 Å². The zero-order valence-corrected chi connectivity index (χ0v) is 8.49. The van der Waals surface area contributed by atoms with Crippen LogP contribution in [0, 0.1) is 0 Å². The summed E-state index contributed by atoms with van der Waals surface area (Å²) in [6, 6.07) is 7.66. The maximum absolute atomic E-state index is 10.3. The van der Waals surface area contributed by atoms with Gasteiger partial charge in [-0.3, -0.25) is 0 Å². The highest BCUT2D eigenvalue weighted by Crippen LogP contribution is 2.10. The van der Waals surface area contributed by atoms with Gasteiger partial charge in [0.15, 0.2) is 0 Å². The fraction of sp³-hybridized carbons (Fsp3) is 0.364. The van der Waals surface area contributed by atoms with Crippen molar-refractivity contribution in [3.8, 4) is 5.75 Å². The summed E-state index contributed by atoms with van der Waals surface area (Å²) in [5.41, 5.74) is 1.14. The Labute approximate surface area is 84.1 Å². The predicted octanol–water partition coefficient (Wildman–Crippen LogP) is 1.37. The Kier molecular flexibility index (Phi) is 4.13. The first-order chi connectivity index (χ1) is 6.76. The molecule has 0 saturated heterocycles. The Bertz CT molecular complexity index is 282. The van der Waals surface area contributed by atoms with Crippen LogP contribution in [0.3, 0.4) is 0 Å². The van der Waals surface area contributed by atoms with E-state index in [-0.39, 0.29) is 6.04 Å². The number of methoxy groups -OCH3 is 1. The van der Waals surface area contributed by atoms with E-state index < -0.39 is 0 Å². The molecule has 0 aromatic heterocycles. The van der Waals surface area contributed by atoms with Crippen LogP contribution in [-0.4, -0.2) is 19.4 Å². The number of hydrogen-bond acceptors (Lipinski definition) is 3. The van der Waals surface area contributed by atoms with Crippen molar-refractivity contribution < 1.29 is 9.53 Å². The second-order valence-corrected chi connectivity index (χ2v) is 3.15. The summed E-state index contributed by atoms with van der Waals surface area (Å²) in [7, 11) is 1.64. The van der Waals surface area contributed by atoms with Gasteiger partial charge in [-0.2, -0.15) is 0 Å². The SMILES string of the molecule is COc1ccc(CN[C@@H](C)C=O)cc1. The van der Waals surface area contributed by atoms with Gasteiger partial charge >= 0.3 is 0 Å². The molecule has 1 aromatic rings. The molecule has 0 aliphatic rings. The monoisotopic (exact) mass is 193 g/mol. The standard InChI is InChI=1S/C11H15NO2/c1-9(8-13)12-7-10-3-5-11(14-2)6-4-10/h3-6,8-9,12H,7H2,1-2H3/t9-/m0/s1. The molecule has 3 nitrogen and oxygen atoms in total. The molecular weight excluding hydrogens is 178 g/mol. The van der Waals surface area contributed by atoms with E-state index in [4.69, 9.17) is 4.74 Å². The van der Waals surface area contributed by atoms with Crippen LogP contribution in [0.1, 0.15) is 12.5 Å². The normalized spacial score (nSPS) is 12.1. The molecule has 0 bridgehead atoms. The van der Waals surface area contributed by atoms with Crippen molar-refractivity contribution in [1.82, 2.24) is 5.32 Å². The van der Waals surface area contributed by atoms with Crippen molar-refractivity contribution in [1.29, 1.82) is 0 Å². The Morgan fingerprint density at radius 1 is 1.43 bits per heavy atom. The summed E-state index contributed by atoms with van der Waals surface area (Å²) in [6.07, 6.45) is 0.892. The van der Waals surface area contributed by atoms with Gasteiger partial charge < -0.3 is 14.8 Å². The third-order valence-electron chi connectivity index (χ3n) is 1.99. The van der Waals surface area contributed by atoms with Crippen molar-refractivity contribution in [2.24, 2.45) is 0 Å². The molecule has 0 radical (unpaired) electrons. The van der Waals surface area contributed by atoms with Crippen molar-refractivity contribution in [3.63, 3.8) is 0 Å². The van der Waals surface area contributed by atoms with E-state index >= 15 is 0 Å². The molecule has 0 fully saturated rings. The predicted molar refractivity (Wildman–Crippen MR) is 55.4 cm³/mol. The second kappa shape index (κ2) is 5.40. The number of hydrogen-bond donors (Lipinski definition) is 1. The van der Waals surface area contributed by atoms with E-state index in [1.807, 2.05) is 31.2 Å². The van der Waals surface area contributed by atoms with Crippen LogP contribution in [-0.2, 0) is 11.3 Å². The van der Waals surface area contributed by atoms with E-state index in [1.54, 1.807) is 7.11 Å². The van der Waals surface area contributed by atoms with Crippen molar-refractivity contribution in [3.05, 3.63) is 29.8 Å². The number of rotatable bonds is 5. The van der Waals surface area contributed by atoms with E-state index in [0.29, 0.717) is 6.54 Å². The molecule has 0 aliphatic heterocycles. The molecule has 1 rings (SSSR count). The van der Waals surface area contributed by atoms with Crippen LogP contribution >= 0.6 is 0 Å². The zero-order chi connectivity index (χ0) is 10.4. The molecule has 0 saturated carbocycles. The van der Waals surface area contributed by atoms with Gasteiger partial charge in [0.2, 0.25) is 0 Å². The molecule has 0 unspecified atom stereocenters. The minimum atomic E-state index is -0.0999. The molecule has 0 spiro atoms. The van der Waals surface area contributed by atoms with E-state index in [2.05, 4.69) is 5.32 Å². The van der Waals surface area contributed by atoms with Gasteiger partial charge in [0, 0.05) is 6.54 Å². The van der Waals surface area contributed by atoms with Crippen molar-refractivity contribution in [2.45, 2.75) is 19.5 Å². The van der Waals surface area contributed by atoms with Gasteiger partial charge in [-0.15, -0.1) is 0 Å². The first-order valence-electron chi connectivity index (χ1n) is 4.58. The molecule has 0 aliphatic carbocycles. The topological polar surface area (TPSA) is 38.3 Å². The van der Waals surface area contributed by atoms with Gasteiger partial charge in [0.05, 0.1) is 13.2 Å². The number of aldehydes is 1. The van der Waals surface area contributed by atoms with Crippen LogP contribution in [0.15, 0.2) is 24.3 Å². The quantitative estimate of drug-likeness (QED) is 0.718. The molecule has 1 aromatic carbocycles. The highest BCUT2D eigenvalue weighted by molar-refractivity contribution is 5.56. The van der Waals surface area contributed by atoms with Crippen LogP contribution < -0.4 is 10.1 Å². The molecule has 76 valence electrons. The number of carbonyl (C=O) groups excluding carboxylic acids is 1. The minimum absolute atomic E-state index is 0.0999. The summed E-state index contributed by atoms with van der Waals surface area (Å²) < 4.78 is 5.04. The smallest absolute Gasteiger partial charge is 0.136 e. The van der Waals surface area contributed by atoms with E-state index in [1.165, 1.54) is 0 Å². The van der Waals surface area contributed by atoms with Gasteiger partial charge in [-0.25, -0.2) is 0 Å². The van der Waals surface area contributed by atoms with Gasteiger partial charge in [-0.1, -0.05) is 12.1 Å². The molecule has 3 heteroatoms. The molecule has 1 atom stereocenters. The average molecular weight is 193 g/mol. The third kappa shape index (κ3) is 3.18. The van der Waals surface area contributed by atoms with E-state index in [0.717, 1.165) is 17.6 Å². The van der Waals surface area contributed by atoms with Crippen LogP contribution in [0.2, 0.25) is 0 Å². The molecule has 0 heterocycles. The lowest BCUT2D eigenvalue weighted by Crippen LogP contribution is -2.26. The summed E-state index contributed by atoms with van der Waals surface area (Å²) in [6.45, 7) is 2.53. The molecule has 1 N–H and O–H groups in total. The first kappa shape index (κ1) is 10.7. The highest BCUT2D eigenvalue weighted by atomic mass is 16.5. The molecule has 14 heavy (non-hydrogen) atoms. The summed E-state index contributed by atoms with van der Waals surface area (Å²) in [5, 5.41) is 3.08. The summed E-state index contributed by atoms with van der Waals surface area (Å²) in [5.74, 6) is 0.845. The van der Waals surface area contributed by atoms with Gasteiger partial charge in [0.25, 0.3) is 0 Å². The third-order valence-corrected chi connectivity index (χ3v) is 1.99. The maximum atomic E-state index is 10.3. The lowest BCUT2D eigenvalue weighted by atomic mass is 10.2. The van der Waals surface area contributed by atoms with E-state index in [9.17, 15) is 4.79 Å². The van der Waals surface area contributed by atoms with Crippen LogP contribution in [0.4, 0.5) is 0 Å². The number of nitrogens with one attached hydrogen (secondary N) is 1. The van der Waals surface area contributed by atoms with Crippen LogP contribution in [0.25, 0.3) is 0 Å². The number of benzene rings is 1. The van der Waals surface area contributed by atoms with Crippen LogP contribution in [0.5, 0.6) is 5.75 Å². The lowest BCUT2D eigenvalue weighted by molar-refractivity contribution is -0.109. The van der Waals surface area contributed by atoms with Gasteiger partial charge in [-0.05, 0) is 24.6 Å². The Morgan fingerprint density at radius 3 is 2.57 bits per heavy atom. The largest absolute Gasteiger partial charge is 0.497 e. The molecular formula is C11H15NO2. The van der Waals surface area contributed by atoms with Crippen molar-refractivity contribution in [2.75, 3.05) is 7.11 Å².